The minimum absolute atomic E-state index is 1.15. The monoisotopic (exact) mass is 762 g/mol. The highest BCUT2D eigenvalue weighted by Crippen LogP contribution is 2.43. The zero-order valence-corrected chi connectivity index (χ0v) is 32.8. The SMILES string of the molecule is c1ccc(-c2ccccc2-n2c3ccc(-c4ccc5c(c4)c4ccccc4n5-c4ccc(-c5cccc6ccccc56)cc4)cc3c3c(-c4ccccc4)cccc32)cc1. The lowest BCUT2D eigenvalue weighted by Gasteiger charge is -2.14. The lowest BCUT2D eigenvalue weighted by molar-refractivity contribution is 1.18. The minimum atomic E-state index is 1.15. The molecule has 12 aromatic rings. The molecular formula is C58H38N2. The molecule has 0 aliphatic rings. The maximum Gasteiger partial charge on any atom is 0.0547 e. The van der Waals surface area contributed by atoms with Crippen LogP contribution in [-0.4, -0.2) is 9.13 Å². The minimum Gasteiger partial charge on any atom is -0.309 e. The summed E-state index contributed by atoms with van der Waals surface area (Å²) in [6.07, 6.45) is 0. The molecule has 2 aromatic heterocycles. The Morgan fingerprint density at radius 2 is 0.750 bits per heavy atom. The summed E-state index contributed by atoms with van der Waals surface area (Å²) >= 11 is 0. The van der Waals surface area contributed by atoms with E-state index in [2.05, 4.69) is 240 Å². The van der Waals surface area contributed by atoms with E-state index >= 15 is 0 Å². The molecule has 0 saturated carbocycles. The quantitative estimate of drug-likeness (QED) is 0.160. The van der Waals surface area contributed by atoms with E-state index in [0.717, 1.165) is 5.69 Å². The molecular weight excluding hydrogens is 725 g/mol. The van der Waals surface area contributed by atoms with E-state index in [1.807, 2.05) is 0 Å². The largest absolute Gasteiger partial charge is 0.309 e. The smallest absolute Gasteiger partial charge is 0.0547 e. The predicted molar refractivity (Wildman–Crippen MR) is 254 cm³/mol. The van der Waals surface area contributed by atoms with Gasteiger partial charge in [-0.2, -0.15) is 0 Å². The van der Waals surface area contributed by atoms with E-state index in [1.165, 1.54) is 105 Å². The molecule has 0 bridgehead atoms. The van der Waals surface area contributed by atoms with Gasteiger partial charge in [0.2, 0.25) is 0 Å². The van der Waals surface area contributed by atoms with Crippen molar-refractivity contribution in [2.24, 2.45) is 0 Å². The fraction of sp³-hybridized carbons (Fsp3) is 0. The van der Waals surface area contributed by atoms with Gasteiger partial charge in [-0.05, 0) is 104 Å². The van der Waals surface area contributed by atoms with Crippen molar-refractivity contribution in [1.29, 1.82) is 0 Å². The summed E-state index contributed by atoms with van der Waals surface area (Å²) < 4.78 is 4.88. The molecule has 0 radical (unpaired) electrons. The van der Waals surface area contributed by atoms with Crippen LogP contribution in [0.15, 0.2) is 231 Å². The summed E-state index contributed by atoms with van der Waals surface area (Å²) in [5.41, 5.74) is 16.8. The summed E-state index contributed by atoms with van der Waals surface area (Å²) in [6, 6.07) is 84.2. The van der Waals surface area contributed by atoms with Gasteiger partial charge < -0.3 is 9.13 Å². The van der Waals surface area contributed by atoms with Gasteiger partial charge in [-0.25, -0.2) is 0 Å². The Balaban J connectivity index is 1.03. The highest BCUT2D eigenvalue weighted by molar-refractivity contribution is 6.17. The lowest BCUT2D eigenvalue weighted by atomic mass is 9.97. The van der Waals surface area contributed by atoms with Gasteiger partial charge in [-0.15, -0.1) is 0 Å². The van der Waals surface area contributed by atoms with Crippen molar-refractivity contribution in [3.63, 3.8) is 0 Å². The first-order valence-electron chi connectivity index (χ1n) is 20.7. The Bertz CT molecular complexity index is 3570. The Kier molecular flexibility index (Phi) is 7.89. The molecule has 0 atom stereocenters. The number of nitrogens with zero attached hydrogens (tertiary/aromatic N) is 2. The maximum absolute atomic E-state index is 2.46. The number of fused-ring (bicyclic) bond motifs is 7. The van der Waals surface area contributed by atoms with Gasteiger partial charge in [0.15, 0.2) is 0 Å². The average Bonchev–Trinajstić information content (AvgIpc) is 3.84. The third-order valence-electron chi connectivity index (χ3n) is 12.3. The first kappa shape index (κ1) is 34.1. The van der Waals surface area contributed by atoms with Gasteiger partial charge in [0.05, 0.1) is 27.8 Å². The summed E-state index contributed by atoms with van der Waals surface area (Å²) in [7, 11) is 0. The molecule has 0 aliphatic carbocycles. The third-order valence-corrected chi connectivity index (χ3v) is 12.3. The molecule has 0 amide bonds. The first-order valence-corrected chi connectivity index (χ1v) is 20.7. The van der Waals surface area contributed by atoms with Crippen molar-refractivity contribution < 1.29 is 0 Å². The van der Waals surface area contributed by atoms with Crippen LogP contribution in [0.3, 0.4) is 0 Å². The van der Waals surface area contributed by atoms with E-state index in [9.17, 15) is 0 Å². The third kappa shape index (κ3) is 5.42. The predicted octanol–water partition coefficient (Wildman–Crippen LogP) is 15.7. The van der Waals surface area contributed by atoms with E-state index in [1.54, 1.807) is 0 Å². The Morgan fingerprint density at radius 1 is 0.250 bits per heavy atom. The molecule has 0 N–H and O–H groups in total. The van der Waals surface area contributed by atoms with Crippen molar-refractivity contribution in [3.05, 3.63) is 231 Å². The Hall–Kier alpha value is -7.94. The summed E-state index contributed by atoms with van der Waals surface area (Å²) in [5, 5.41) is 7.51. The maximum atomic E-state index is 2.46. The van der Waals surface area contributed by atoms with Crippen molar-refractivity contribution in [3.8, 4) is 55.9 Å². The first-order chi connectivity index (χ1) is 29.8. The van der Waals surface area contributed by atoms with Crippen molar-refractivity contribution >= 4 is 54.4 Å². The second-order valence-electron chi connectivity index (χ2n) is 15.7. The number of hydrogen-bond acceptors (Lipinski definition) is 0. The lowest BCUT2D eigenvalue weighted by Crippen LogP contribution is -1.97. The van der Waals surface area contributed by atoms with Crippen LogP contribution in [0.25, 0.3) is 110 Å². The normalized spacial score (nSPS) is 11.7. The van der Waals surface area contributed by atoms with Gasteiger partial charge in [0.1, 0.15) is 0 Å². The van der Waals surface area contributed by atoms with Crippen LogP contribution in [0.1, 0.15) is 0 Å². The van der Waals surface area contributed by atoms with Crippen LogP contribution in [-0.2, 0) is 0 Å². The van der Waals surface area contributed by atoms with E-state index < -0.39 is 0 Å². The standard InChI is InChI=1S/C58H38N2/c1-3-15-40(16-4-1)48-22-9-11-26-53(48)60-56-36-32-44(38-52(56)58-49(25-14-28-57(58)60)41-17-5-2-6-18-41)43-31-35-55-51(37-43)50-23-10-12-27-54(50)59(55)45-33-29-42(30-34-45)47-24-13-20-39-19-7-8-21-46(39)47/h1-38H. The molecule has 12 rings (SSSR count). The zero-order valence-electron chi connectivity index (χ0n) is 32.8. The fourth-order valence-corrected chi connectivity index (χ4v) is 9.60. The Morgan fingerprint density at radius 3 is 1.53 bits per heavy atom. The Labute approximate surface area is 348 Å². The molecule has 10 aromatic carbocycles. The van der Waals surface area contributed by atoms with Crippen molar-refractivity contribution in [1.82, 2.24) is 9.13 Å². The number of aromatic nitrogens is 2. The van der Waals surface area contributed by atoms with Crippen LogP contribution in [0.5, 0.6) is 0 Å². The second kappa shape index (κ2) is 13.9. The van der Waals surface area contributed by atoms with E-state index in [4.69, 9.17) is 0 Å². The molecule has 2 heterocycles. The molecule has 0 saturated heterocycles. The summed E-state index contributed by atoms with van der Waals surface area (Å²) in [4.78, 5) is 0. The number of benzene rings is 10. The molecule has 0 unspecified atom stereocenters. The number of para-hydroxylation sites is 2. The van der Waals surface area contributed by atoms with Crippen LogP contribution < -0.4 is 0 Å². The molecule has 2 nitrogen and oxygen atoms in total. The number of hydrogen-bond donors (Lipinski definition) is 0. The summed E-state index contributed by atoms with van der Waals surface area (Å²) in [6.45, 7) is 0. The van der Waals surface area contributed by atoms with Gasteiger partial charge in [-0.3, -0.25) is 0 Å². The molecule has 0 spiro atoms. The van der Waals surface area contributed by atoms with Gasteiger partial charge in [0.25, 0.3) is 0 Å². The second-order valence-corrected chi connectivity index (χ2v) is 15.7. The van der Waals surface area contributed by atoms with Crippen molar-refractivity contribution in [2.45, 2.75) is 0 Å². The number of rotatable bonds is 6. The van der Waals surface area contributed by atoms with E-state index in [0.29, 0.717) is 0 Å². The van der Waals surface area contributed by atoms with Gasteiger partial charge in [-0.1, -0.05) is 176 Å². The zero-order chi connectivity index (χ0) is 39.6. The van der Waals surface area contributed by atoms with Crippen LogP contribution in [0.2, 0.25) is 0 Å². The van der Waals surface area contributed by atoms with Crippen LogP contribution in [0, 0.1) is 0 Å². The van der Waals surface area contributed by atoms with Crippen LogP contribution in [0.4, 0.5) is 0 Å². The highest BCUT2D eigenvalue weighted by Gasteiger charge is 2.20. The van der Waals surface area contributed by atoms with E-state index in [-0.39, 0.29) is 0 Å². The average molecular weight is 763 g/mol. The molecule has 280 valence electrons. The molecule has 60 heavy (non-hydrogen) atoms. The molecule has 0 aliphatic heterocycles. The van der Waals surface area contributed by atoms with Crippen molar-refractivity contribution in [2.75, 3.05) is 0 Å². The molecule has 0 fully saturated rings. The fourth-order valence-electron chi connectivity index (χ4n) is 9.60. The van der Waals surface area contributed by atoms with Gasteiger partial charge >= 0.3 is 0 Å². The highest BCUT2D eigenvalue weighted by atomic mass is 15.0. The van der Waals surface area contributed by atoms with Crippen LogP contribution >= 0.6 is 0 Å². The topological polar surface area (TPSA) is 9.86 Å². The summed E-state index contributed by atoms with van der Waals surface area (Å²) in [5.74, 6) is 0. The van der Waals surface area contributed by atoms with Gasteiger partial charge in [0, 0.05) is 32.8 Å². The molecule has 2 heteroatoms.